The zero-order chi connectivity index (χ0) is 12.3. The van der Waals surface area contributed by atoms with Crippen LogP contribution < -0.4 is 5.32 Å². The van der Waals surface area contributed by atoms with E-state index < -0.39 is 5.95 Å². The summed E-state index contributed by atoms with van der Waals surface area (Å²) in [7, 11) is 0. The molecule has 0 saturated heterocycles. The fourth-order valence-corrected chi connectivity index (χ4v) is 1.68. The van der Waals surface area contributed by atoms with E-state index in [-0.39, 0.29) is 5.82 Å². The normalized spacial score (nSPS) is 10.3. The molecule has 1 aromatic heterocycles. The Balaban J connectivity index is 2.09. The van der Waals surface area contributed by atoms with Crippen LogP contribution in [0.25, 0.3) is 0 Å². The van der Waals surface area contributed by atoms with Crippen molar-refractivity contribution in [1.29, 1.82) is 0 Å². The number of hydrogen-bond acceptors (Lipinski definition) is 3. The molecule has 17 heavy (non-hydrogen) atoms. The van der Waals surface area contributed by atoms with Gasteiger partial charge in [0.2, 0.25) is 5.95 Å². The van der Waals surface area contributed by atoms with Gasteiger partial charge in [-0.1, -0.05) is 15.9 Å². The van der Waals surface area contributed by atoms with Crippen molar-refractivity contribution in [3.05, 3.63) is 52.4 Å². The first-order valence-electron chi connectivity index (χ1n) is 4.80. The van der Waals surface area contributed by atoms with Gasteiger partial charge in [-0.2, -0.15) is 4.39 Å². The Kier molecular flexibility index (Phi) is 3.63. The van der Waals surface area contributed by atoms with Crippen molar-refractivity contribution in [3.8, 4) is 0 Å². The molecule has 3 nitrogen and oxygen atoms in total. The second kappa shape index (κ2) is 5.18. The standard InChI is InChI=1S/C11H8BrF2N3/c12-9-2-1-8(13)3-7(9)5-15-11-4-10(14)16-6-17-11/h1-4,6H,5H2,(H,15,16,17). The van der Waals surface area contributed by atoms with Crippen LogP contribution in [0.4, 0.5) is 14.6 Å². The van der Waals surface area contributed by atoms with Crippen molar-refractivity contribution >= 4 is 21.7 Å². The van der Waals surface area contributed by atoms with E-state index in [0.29, 0.717) is 12.4 Å². The average Bonchev–Trinajstić information content (AvgIpc) is 2.30. The van der Waals surface area contributed by atoms with Gasteiger partial charge in [0.15, 0.2) is 0 Å². The van der Waals surface area contributed by atoms with E-state index in [9.17, 15) is 8.78 Å². The van der Waals surface area contributed by atoms with Gasteiger partial charge in [0.25, 0.3) is 0 Å². The summed E-state index contributed by atoms with van der Waals surface area (Å²) in [6, 6.07) is 5.55. The Hall–Kier alpha value is -1.56. The Morgan fingerprint density at radius 1 is 1.18 bits per heavy atom. The van der Waals surface area contributed by atoms with Gasteiger partial charge in [-0.25, -0.2) is 14.4 Å². The molecule has 0 bridgehead atoms. The van der Waals surface area contributed by atoms with Gasteiger partial charge in [0, 0.05) is 17.1 Å². The third-order valence-corrected chi connectivity index (χ3v) is 2.88. The highest BCUT2D eigenvalue weighted by Gasteiger charge is 2.03. The van der Waals surface area contributed by atoms with Crippen molar-refractivity contribution in [2.75, 3.05) is 5.32 Å². The third-order valence-electron chi connectivity index (χ3n) is 2.10. The molecule has 0 aliphatic carbocycles. The van der Waals surface area contributed by atoms with Crippen LogP contribution in [0, 0.1) is 11.8 Å². The molecule has 2 rings (SSSR count). The minimum Gasteiger partial charge on any atom is -0.366 e. The summed E-state index contributed by atoms with van der Waals surface area (Å²) in [6.07, 6.45) is 1.12. The number of benzene rings is 1. The molecular weight excluding hydrogens is 292 g/mol. The zero-order valence-electron chi connectivity index (χ0n) is 8.62. The van der Waals surface area contributed by atoms with Gasteiger partial charge < -0.3 is 5.32 Å². The Bertz CT molecular complexity index is 534. The summed E-state index contributed by atoms with van der Waals surface area (Å²) in [5, 5.41) is 2.88. The number of anilines is 1. The fourth-order valence-electron chi connectivity index (χ4n) is 1.29. The molecule has 0 radical (unpaired) electrons. The molecule has 0 atom stereocenters. The molecule has 1 N–H and O–H groups in total. The van der Waals surface area contributed by atoms with Crippen LogP contribution in [0.5, 0.6) is 0 Å². The second-order valence-electron chi connectivity index (χ2n) is 3.32. The Labute approximate surface area is 105 Å². The maximum absolute atomic E-state index is 13.0. The number of hydrogen-bond donors (Lipinski definition) is 1. The first-order valence-corrected chi connectivity index (χ1v) is 5.60. The van der Waals surface area contributed by atoms with E-state index in [4.69, 9.17) is 0 Å². The number of nitrogens with zero attached hydrogens (tertiary/aromatic N) is 2. The highest BCUT2D eigenvalue weighted by Crippen LogP contribution is 2.18. The van der Waals surface area contributed by atoms with Crippen LogP contribution in [0.2, 0.25) is 0 Å². The first kappa shape index (κ1) is 11.9. The lowest BCUT2D eigenvalue weighted by molar-refractivity contribution is 0.580. The predicted octanol–water partition coefficient (Wildman–Crippen LogP) is 3.13. The van der Waals surface area contributed by atoms with Crippen LogP contribution in [-0.4, -0.2) is 9.97 Å². The predicted molar refractivity (Wildman–Crippen MR) is 63.4 cm³/mol. The van der Waals surface area contributed by atoms with Gasteiger partial charge in [-0.05, 0) is 23.8 Å². The van der Waals surface area contributed by atoms with E-state index in [0.717, 1.165) is 16.4 Å². The lowest BCUT2D eigenvalue weighted by Crippen LogP contribution is -2.03. The molecule has 88 valence electrons. The highest BCUT2D eigenvalue weighted by atomic mass is 79.9. The monoisotopic (exact) mass is 299 g/mol. The van der Waals surface area contributed by atoms with E-state index in [1.165, 1.54) is 18.2 Å². The van der Waals surface area contributed by atoms with Crippen LogP contribution in [0.3, 0.4) is 0 Å². The topological polar surface area (TPSA) is 37.8 Å². The van der Waals surface area contributed by atoms with Crippen LogP contribution in [0.1, 0.15) is 5.56 Å². The number of nitrogens with one attached hydrogen (secondary N) is 1. The third kappa shape index (κ3) is 3.20. The van der Waals surface area contributed by atoms with Crippen molar-refractivity contribution in [2.45, 2.75) is 6.54 Å². The number of rotatable bonds is 3. The summed E-state index contributed by atoms with van der Waals surface area (Å²) in [5.41, 5.74) is 0.726. The van der Waals surface area contributed by atoms with E-state index in [1.807, 2.05) is 0 Å². The minimum atomic E-state index is -0.610. The molecule has 6 heteroatoms. The second-order valence-corrected chi connectivity index (χ2v) is 4.17. The first-order chi connectivity index (χ1) is 8.15. The van der Waals surface area contributed by atoms with Crippen LogP contribution >= 0.6 is 15.9 Å². The molecule has 0 unspecified atom stereocenters. The largest absolute Gasteiger partial charge is 0.366 e. The Morgan fingerprint density at radius 2 is 2.00 bits per heavy atom. The fraction of sp³-hybridized carbons (Fsp3) is 0.0909. The van der Waals surface area contributed by atoms with E-state index in [1.54, 1.807) is 6.07 Å². The Morgan fingerprint density at radius 3 is 2.76 bits per heavy atom. The quantitative estimate of drug-likeness (QED) is 0.885. The van der Waals surface area contributed by atoms with Crippen LogP contribution in [-0.2, 0) is 6.54 Å². The maximum Gasteiger partial charge on any atom is 0.217 e. The molecule has 0 aliphatic heterocycles. The van der Waals surface area contributed by atoms with E-state index in [2.05, 4.69) is 31.2 Å². The van der Waals surface area contributed by atoms with Gasteiger partial charge in [-0.3, -0.25) is 0 Å². The summed E-state index contributed by atoms with van der Waals surface area (Å²) >= 11 is 3.30. The van der Waals surface area contributed by atoms with E-state index >= 15 is 0 Å². The summed E-state index contributed by atoms with van der Waals surface area (Å²) in [5.74, 6) is -0.576. The number of halogens is 3. The van der Waals surface area contributed by atoms with Gasteiger partial charge in [0.05, 0.1) is 0 Å². The SMILES string of the molecule is Fc1ccc(Br)c(CNc2cc(F)ncn2)c1. The smallest absolute Gasteiger partial charge is 0.217 e. The molecule has 2 aromatic rings. The van der Waals surface area contributed by atoms with Gasteiger partial charge in [-0.15, -0.1) is 0 Å². The van der Waals surface area contributed by atoms with Crippen molar-refractivity contribution in [2.24, 2.45) is 0 Å². The molecule has 0 fully saturated rings. The summed E-state index contributed by atoms with van der Waals surface area (Å²) in [6.45, 7) is 0.342. The van der Waals surface area contributed by atoms with Crippen molar-refractivity contribution in [1.82, 2.24) is 9.97 Å². The summed E-state index contributed by atoms with van der Waals surface area (Å²) < 4.78 is 26.6. The van der Waals surface area contributed by atoms with Crippen molar-refractivity contribution < 1.29 is 8.78 Å². The molecule has 1 heterocycles. The molecule has 0 amide bonds. The molecule has 0 spiro atoms. The average molecular weight is 300 g/mol. The van der Waals surface area contributed by atoms with Gasteiger partial charge >= 0.3 is 0 Å². The van der Waals surface area contributed by atoms with Gasteiger partial charge in [0.1, 0.15) is 18.0 Å². The maximum atomic E-state index is 13.0. The lowest BCUT2D eigenvalue weighted by Gasteiger charge is -2.07. The molecular formula is C11H8BrF2N3. The van der Waals surface area contributed by atoms with Crippen molar-refractivity contribution in [3.63, 3.8) is 0 Å². The zero-order valence-corrected chi connectivity index (χ0v) is 10.2. The minimum absolute atomic E-state index is 0.320. The molecule has 1 aromatic carbocycles. The molecule has 0 aliphatic rings. The number of aromatic nitrogens is 2. The molecule has 0 saturated carbocycles. The lowest BCUT2D eigenvalue weighted by atomic mass is 10.2. The van der Waals surface area contributed by atoms with Crippen LogP contribution in [0.15, 0.2) is 35.1 Å². The highest BCUT2D eigenvalue weighted by molar-refractivity contribution is 9.10. The summed E-state index contributed by atoms with van der Waals surface area (Å²) in [4.78, 5) is 7.17.